The van der Waals surface area contributed by atoms with Crippen LogP contribution in [-0.2, 0) is 0 Å². The van der Waals surface area contributed by atoms with E-state index < -0.39 is 0 Å². The van der Waals surface area contributed by atoms with Crippen LogP contribution in [0.4, 0.5) is 5.69 Å². The Morgan fingerprint density at radius 1 is 1.32 bits per heavy atom. The van der Waals surface area contributed by atoms with Crippen LogP contribution in [0.2, 0.25) is 5.15 Å². The molecule has 0 aliphatic rings. The van der Waals surface area contributed by atoms with Crippen molar-refractivity contribution in [3.63, 3.8) is 0 Å². The van der Waals surface area contributed by atoms with E-state index in [2.05, 4.69) is 26.2 Å². The van der Waals surface area contributed by atoms with E-state index in [1.54, 1.807) is 6.07 Å². The number of carbonyl (C=O) groups is 1. The second-order valence-electron chi connectivity index (χ2n) is 4.27. The molecule has 0 bridgehead atoms. The Labute approximate surface area is 125 Å². The number of anilines is 1. The van der Waals surface area contributed by atoms with Crippen LogP contribution in [0.5, 0.6) is 0 Å². The minimum atomic E-state index is -0.155. The van der Waals surface area contributed by atoms with Gasteiger partial charge in [-0.05, 0) is 47.5 Å². The van der Waals surface area contributed by atoms with Gasteiger partial charge in [0.2, 0.25) is 0 Å². The lowest BCUT2D eigenvalue weighted by Crippen LogP contribution is -2.13. The first kappa shape index (κ1) is 14.0. The number of nitrogens with one attached hydrogen (secondary N) is 1. The zero-order valence-corrected chi connectivity index (χ0v) is 12.8. The Balaban J connectivity index is 2.25. The molecule has 1 aromatic heterocycles. The highest BCUT2D eigenvalue weighted by molar-refractivity contribution is 9.10. The third-order valence-corrected chi connectivity index (χ3v) is 3.83. The topological polar surface area (TPSA) is 42.0 Å². The number of carbonyl (C=O) groups excluding carboxylic acids is 1. The number of aromatic nitrogens is 1. The van der Waals surface area contributed by atoms with Crippen molar-refractivity contribution in [3.05, 3.63) is 56.8 Å². The number of halogens is 2. The summed E-state index contributed by atoms with van der Waals surface area (Å²) in [5.74, 6) is -0.155. The highest BCUT2D eigenvalue weighted by atomic mass is 79.9. The van der Waals surface area contributed by atoms with Gasteiger partial charge in [-0.3, -0.25) is 4.79 Å². The molecule has 1 N–H and O–H groups in total. The van der Waals surface area contributed by atoms with E-state index in [0.29, 0.717) is 20.9 Å². The van der Waals surface area contributed by atoms with Crippen molar-refractivity contribution in [2.75, 3.05) is 5.32 Å². The second-order valence-corrected chi connectivity index (χ2v) is 5.48. The van der Waals surface area contributed by atoms with Gasteiger partial charge in [0.1, 0.15) is 5.15 Å². The number of aryl methyl sites for hydroxylation is 2. The summed E-state index contributed by atoms with van der Waals surface area (Å²) in [5, 5.41) is 3.17. The maximum absolute atomic E-state index is 12.2. The van der Waals surface area contributed by atoms with Crippen molar-refractivity contribution in [1.29, 1.82) is 0 Å². The third kappa shape index (κ3) is 3.33. The number of amides is 1. The van der Waals surface area contributed by atoms with Gasteiger partial charge in [-0.25, -0.2) is 4.98 Å². The molecule has 1 amide bonds. The Morgan fingerprint density at radius 2 is 2.05 bits per heavy atom. The van der Waals surface area contributed by atoms with Gasteiger partial charge in [-0.2, -0.15) is 0 Å². The molecular weight excluding hydrogens is 328 g/mol. The first-order valence-corrected chi connectivity index (χ1v) is 6.84. The summed E-state index contributed by atoms with van der Waals surface area (Å²) in [6.45, 7) is 3.86. The van der Waals surface area contributed by atoms with Crippen LogP contribution in [0.25, 0.3) is 0 Å². The molecule has 0 aliphatic carbocycles. The first-order valence-electron chi connectivity index (χ1n) is 5.67. The van der Waals surface area contributed by atoms with Gasteiger partial charge in [-0.1, -0.05) is 29.3 Å². The van der Waals surface area contributed by atoms with Crippen molar-refractivity contribution in [2.24, 2.45) is 0 Å². The molecule has 0 fully saturated rings. The lowest BCUT2D eigenvalue weighted by molar-refractivity contribution is 0.102. The zero-order chi connectivity index (χ0) is 14.0. The Morgan fingerprint density at radius 3 is 2.74 bits per heavy atom. The van der Waals surface area contributed by atoms with E-state index in [1.807, 2.05) is 32.0 Å². The number of rotatable bonds is 2. The maximum Gasteiger partial charge on any atom is 0.255 e. The number of benzene rings is 1. The van der Waals surface area contributed by atoms with Crippen molar-refractivity contribution < 1.29 is 4.79 Å². The smallest absolute Gasteiger partial charge is 0.255 e. The quantitative estimate of drug-likeness (QED) is 0.826. The number of nitrogens with zero attached hydrogens (tertiary/aromatic N) is 1. The molecule has 19 heavy (non-hydrogen) atoms. The summed E-state index contributed by atoms with van der Waals surface area (Å²) >= 11 is 9.08. The van der Waals surface area contributed by atoms with E-state index in [4.69, 9.17) is 11.6 Å². The van der Waals surface area contributed by atoms with Gasteiger partial charge in [-0.15, -0.1) is 0 Å². The molecule has 0 radical (unpaired) electrons. The minimum Gasteiger partial charge on any atom is -0.321 e. The van der Waals surface area contributed by atoms with E-state index in [0.717, 1.165) is 11.1 Å². The number of hydrogen-bond donors (Lipinski definition) is 1. The molecular formula is C14H12BrClN2O. The molecule has 0 saturated carbocycles. The van der Waals surface area contributed by atoms with Crippen LogP contribution in [0, 0.1) is 13.8 Å². The Hall–Kier alpha value is -1.39. The maximum atomic E-state index is 12.2. The van der Waals surface area contributed by atoms with Crippen molar-refractivity contribution in [3.8, 4) is 0 Å². The normalized spacial score (nSPS) is 10.3. The SMILES string of the molecule is Cc1ccc(C)c(C(=O)Nc2cnc(Cl)c(Br)c2)c1. The van der Waals surface area contributed by atoms with Gasteiger partial charge in [0.15, 0.2) is 0 Å². The molecule has 0 atom stereocenters. The largest absolute Gasteiger partial charge is 0.321 e. The van der Waals surface area contributed by atoms with E-state index in [1.165, 1.54) is 6.20 Å². The van der Waals surface area contributed by atoms with Gasteiger partial charge < -0.3 is 5.32 Å². The molecule has 0 aliphatic heterocycles. The Bertz CT molecular complexity index is 643. The average Bonchev–Trinajstić information content (AvgIpc) is 2.36. The van der Waals surface area contributed by atoms with Crippen LogP contribution < -0.4 is 5.32 Å². The summed E-state index contributed by atoms with van der Waals surface area (Å²) in [6.07, 6.45) is 1.52. The minimum absolute atomic E-state index is 0.155. The zero-order valence-electron chi connectivity index (χ0n) is 10.5. The van der Waals surface area contributed by atoms with Crippen molar-refractivity contribution in [2.45, 2.75) is 13.8 Å². The van der Waals surface area contributed by atoms with E-state index in [-0.39, 0.29) is 5.91 Å². The van der Waals surface area contributed by atoms with Crippen LogP contribution in [0.15, 0.2) is 34.9 Å². The van der Waals surface area contributed by atoms with Crippen LogP contribution in [-0.4, -0.2) is 10.9 Å². The van der Waals surface area contributed by atoms with Gasteiger partial charge >= 0.3 is 0 Å². The molecule has 0 saturated heterocycles. The highest BCUT2D eigenvalue weighted by Crippen LogP contribution is 2.23. The standard InChI is InChI=1S/C14H12BrClN2O/c1-8-3-4-9(2)11(5-8)14(19)18-10-6-12(15)13(16)17-7-10/h3-7H,1-2H3,(H,18,19). The average molecular weight is 340 g/mol. The van der Waals surface area contributed by atoms with E-state index >= 15 is 0 Å². The number of hydrogen-bond acceptors (Lipinski definition) is 2. The molecule has 1 heterocycles. The van der Waals surface area contributed by atoms with Crippen molar-refractivity contribution >= 4 is 39.1 Å². The molecule has 3 nitrogen and oxygen atoms in total. The summed E-state index contributed by atoms with van der Waals surface area (Å²) in [7, 11) is 0. The molecule has 2 rings (SSSR count). The molecule has 1 aromatic carbocycles. The molecule has 0 spiro atoms. The molecule has 5 heteroatoms. The van der Waals surface area contributed by atoms with E-state index in [9.17, 15) is 4.79 Å². The molecule has 0 unspecified atom stereocenters. The van der Waals surface area contributed by atoms with Crippen LogP contribution >= 0.6 is 27.5 Å². The first-order chi connectivity index (χ1) is 8.97. The summed E-state index contributed by atoms with van der Waals surface area (Å²) < 4.78 is 0.646. The Kier molecular flexibility index (Phi) is 4.22. The monoisotopic (exact) mass is 338 g/mol. The fourth-order valence-electron chi connectivity index (χ4n) is 1.67. The molecule has 2 aromatic rings. The predicted molar refractivity (Wildman–Crippen MR) is 80.8 cm³/mol. The fraction of sp³-hybridized carbons (Fsp3) is 0.143. The van der Waals surface area contributed by atoms with Gasteiger partial charge in [0, 0.05) is 5.56 Å². The van der Waals surface area contributed by atoms with Gasteiger partial charge in [0.05, 0.1) is 16.4 Å². The molecule has 98 valence electrons. The lowest BCUT2D eigenvalue weighted by atomic mass is 10.1. The summed E-state index contributed by atoms with van der Waals surface area (Å²) in [4.78, 5) is 16.2. The van der Waals surface area contributed by atoms with Crippen LogP contribution in [0.3, 0.4) is 0 Å². The van der Waals surface area contributed by atoms with Crippen LogP contribution in [0.1, 0.15) is 21.5 Å². The summed E-state index contributed by atoms with van der Waals surface area (Å²) in [6, 6.07) is 7.49. The fourth-order valence-corrected chi connectivity index (χ4v) is 2.12. The third-order valence-electron chi connectivity index (χ3n) is 2.69. The summed E-state index contributed by atoms with van der Waals surface area (Å²) in [5.41, 5.74) is 3.24. The lowest BCUT2D eigenvalue weighted by Gasteiger charge is -2.09. The van der Waals surface area contributed by atoms with Gasteiger partial charge in [0.25, 0.3) is 5.91 Å². The highest BCUT2D eigenvalue weighted by Gasteiger charge is 2.10. The predicted octanol–water partition coefficient (Wildman–Crippen LogP) is 4.37. The second kappa shape index (κ2) is 5.72. The number of pyridine rings is 1. The van der Waals surface area contributed by atoms with Crippen molar-refractivity contribution in [1.82, 2.24) is 4.98 Å².